The van der Waals surface area contributed by atoms with Crippen LogP contribution in [0.25, 0.3) is 0 Å². The second-order valence-electron chi connectivity index (χ2n) is 4.85. The van der Waals surface area contributed by atoms with Crippen molar-refractivity contribution in [3.05, 3.63) is 0 Å². The summed E-state index contributed by atoms with van der Waals surface area (Å²) in [7, 11) is 0. The SMILES string of the molecule is CC(=O)N1C2CCCC1(C)CC(=O)C2. The van der Waals surface area contributed by atoms with Crippen molar-refractivity contribution < 1.29 is 9.59 Å². The van der Waals surface area contributed by atoms with Gasteiger partial charge in [0.15, 0.2) is 0 Å². The van der Waals surface area contributed by atoms with Gasteiger partial charge in [0.1, 0.15) is 5.78 Å². The number of rotatable bonds is 0. The maximum atomic E-state index is 11.5. The number of carbonyl (C=O) groups is 2. The molecule has 2 heterocycles. The maximum Gasteiger partial charge on any atom is 0.220 e. The van der Waals surface area contributed by atoms with E-state index in [1.165, 1.54) is 0 Å². The highest BCUT2D eigenvalue weighted by molar-refractivity contribution is 5.85. The third-order valence-electron chi connectivity index (χ3n) is 3.58. The van der Waals surface area contributed by atoms with Crippen molar-refractivity contribution in [1.82, 2.24) is 4.90 Å². The minimum Gasteiger partial charge on any atom is -0.334 e. The summed E-state index contributed by atoms with van der Waals surface area (Å²) in [6.07, 6.45) is 4.27. The van der Waals surface area contributed by atoms with E-state index in [1.807, 2.05) is 4.90 Å². The molecule has 2 rings (SSSR count). The molecule has 2 unspecified atom stereocenters. The van der Waals surface area contributed by atoms with Crippen LogP contribution in [0.5, 0.6) is 0 Å². The van der Waals surface area contributed by atoms with Gasteiger partial charge in [-0.15, -0.1) is 0 Å². The van der Waals surface area contributed by atoms with Gasteiger partial charge < -0.3 is 4.90 Å². The minimum absolute atomic E-state index is 0.129. The average molecular weight is 195 g/mol. The second kappa shape index (κ2) is 3.07. The molecule has 2 bridgehead atoms. The summed E-state index contributed by atoms with van der Waals surface area (Å²) in [6.45, 7) is 3.67. The van der Waals surface area contributed by atoms with E-state index in [0.717, 1.165) is 19.3 Å². The molecule has 0 aliphatic carbocycles. The summed E-state index contributed by atoms with van der Waals surface area (Å²) in [5.74, 6) is 0.458. The lowest BCUT2D eigenvalue weighted by Gasteiger charge is -2.52. The third-order valence-corrected chi connectivity index (χ3v) is 3.58. The number of nitrogens with zero attached hydrogens (tertiary/aromatic N) is 1. The lowest BCUT2D eigenvalue weighted by molar-refractivity contribution is -0.150. The molecule has 0 radical (unpaired) electrons. The molecule has 0 aromatic heterocycles. The Bertz CT molecular complexity index is 287. The molecule has 3 heteroatoms. The van der Waals surface area contributed by atoms with Crippen LogP contribution < -0.4 is 0 Å². The van der Waals surface area contributed by atoms with E-state index in [2.05, 4.69) is 6.92 Å². The molecule has 0 N–H and O–H groups in total. The minimum atomic E-state index is -0.177. The Hall–Kier alpha value is -0.860. The summed E-state index contributed by atoms with van der Waals surface area (Å²) < 4.78 is 0. The number of hydrogen-bond donors (Lipinski definition) is 0. The number of Topliss-reactive ketones (excluding diaryl/α,β-unsaturated/α-hetero) is 1. The topological polar surface area (TPSA) is 37.4 Å². The Morgan fingerprint density at radius 2 is 2.29 bits per heavy atom. The highest BCUT2D eigenvalue weighted by Gasteiger charge is 2.46. The van der Waals surface area contributed by atoms with Crippen molar-refractivity contribution in [3.8, 4) is 0 Å². The van der Waals surface area contributed by atoms with E-state index >= 15 is 0 Å². The highest BCUT2D eigenvalue weighted by Crippen LogP contribution is 2.40. The van der Waals surface area contributed by atoms with Gasteiger partial charge in [-0.1, -0.05) is 0 Å². The third kappa shape index (κ3) is 1.35. The van der Waals surface area contributed by atoms with E-state index in [0.29, 0.717) is 18.6 Å². The standard InChI is InChI=1S/C11H17NO2/c1-8(13)12-9-4-3-5-11(12,2)7-10(14)6-9/h9H,3-7H2,1-2H3. The zero-order valence-corrected chi connectivity index (χ0v) is 8.88. The quantitative estimate of drug-likeness (QED) is 0.587. The largest absolute Gasteiger partial charge is 0.334 e. The number of fused-ring (bicyclic) bond motifs is 2. The van der Waals surface area contributed by atoms with Gasteiger partial charge in [-0.2, -0.15) is 0 Å². The highest BCUT2D eigenvalue weighted by atomic mass is 16.2. The van der Waals surface area contributed by atoms with Gasteiger partial charge in [-0.3, -0.25) is 9.59 Å². The first-order chi connectivity index (χ1) is 6.53. The van der Waals surface area contributed by atoms with Crippen molar-refractivity contribution >= 4 is 11.7 Å². The first kappa shape index (κ1) is 9.69. The fourth-order valence-electron chi connectivity index (χ4n) is 3.17. The van der Waals surface area contributed by atoms with Crippen LogP contribution >= 0.6 is 0 Å². The molecule has 2 aliphatic rings. The van der Waals surface area contributed by atoms with Crippen molar-refractivity contribution in [1.29, 1.82) is 0 Å². The first-order valence-electron chi connectivity index (χ1n) is 5.34. The lowest BCUT2D eigenvalue weighted by Crippen LogP contribution is -2.61. The molecule has 1 amide bonds. The Morgan fingerprint density at radius 3 is 2.86 bits per heavy atom. The van der Waals surface area contributed by atoms with Crippen molar-refractivity contribution in [3.63, 3.8) is 0 Å². The molecule has 0 saturated carbocycles. The summed E-state index contributed by atoms with van der Waals surface area (Å²) in [5.41, 5.74) is -0.177. The van der Waals surface area contributed by atoms with E-state index in [1.54, 1.807) is 6.92 Å². The van der Waals surface area contributed by atoms with E-state index < -0.39 is 0 Å². The molecular weight excluding hydrogens is 178 g/mol. The van der Waals surface area contributed by atoms with Gasteiger partial charge in [0.2, 0.25) is 5.91 Å². The predicted molar refractivity (Wildman–Crippen MR) is 52.8 cm³/mol. The van der Waals surface area contributed by atoms with Crippen LogP contribution in [0.15, 0.2) is 0 Å². The summed E-state index contributed by atoms with van der Waals surface area (Å²) in [6, 6.07) is 0.188. The summed E-state index contributed by atoms with van der Waals surface area (Å²) in [4.78, 5) is 25.0. The van der Waals surface area contributed by atoms with Crippen LogP contribution in [-0.4, -0.2) is 28.2 Å². The Balaban J connectivity index is 2.31. The number of piperidine rings is 2. The number of carbonyl (C=O) groups excluding carboxylic acids is 2. The zero-order chi connectivity index (χ0) is 10.3. The van der Waals surface area contributed by atoms with E-state index in [4.69, 9.17) is 0 Å². The van der Waals surface area contributed by atoms with Gasteiger partial charge in [0.05, 0.1) is 0 Å². The normalized spacial score (nSPS) is 37.1. The average Bonchev–Trinajstić information content (AvgIpc) is 1.99. The fourth-order valence-corrected chi connectivity index (χ4v) is 3.17. The van der Waals surface area contributed by atoms with Gasteiger partial charge in [0, 0.05) is 31.3 Å². The summed E-state index contributed by atoms with van der Waals surface area (Å²) >= 11 is 0. The number of amides is 1. The van der Waals surface area contributed by atoms with Crippen molar-refractivity contribution in [2.75, 3.05) is 0 Å². The van der Waals surface area contributed by atoms with Gasteiger partial charge >= 0.3 is 0 Å². The van der Waals surface area contributed by atoms with E-state index in [9.17, 15) is 9.59 Å². The van der Waals surface area contributed by atoms with E-state index in [-0.39, 0.29) is 17.5 Å². The van der Waals surface area contributed by atoms with Crippen LogP contribution in [0.3, 0.4) is 0 Å². The fraction of sp³-hybridized carbons (Fsp3) is 0.818. The van der Waals surface area contributed by atoms with Crippen LogP contribution in [0, 0.1) is 0 Å². The van der Waals surface area contributed by atoms with Gasteiger partial charge in [-0.05, 0) is 26.2 Å². The Kier molecular flexibility index (Phi) is 2.13. The second-order valence-corrected chi connectivity index (χ2v) is 4.85. The first-order valence-corrected chi connectivity index (χ1v) is 5.34. The van der Waals surface area contributed by atoms with Crippen molar-refractivity contribution in [2.45, 2.75) is 57.5 Å². The Morgan fingerprint density at radius 1 is 1.57 bits per heavy atom. The Labute approximate surface area is 84.5 Å². The number of ketones is 1. The monoisotopic (exact) mass is 195 g/mol. The molecule has 78 valence electrons. The molecule has 2 fully saturated rings. The van der Waals surface area contributed by atoms with Gasteiger partial charge in [-0.25, -0.2) is 0 Å². The molecule has 0 spiro atoms. The van der Waals surface area contributed by atoms with Crippen LogP contribution in [0.2, 0.25) is 0 Å². The molecule has 0 aromatic rings. The molecule has 0 aromatic carbocycles. The van der Waals surface area contributed by atoms with Crippen LogP contribution in [-0.2, 0) is 9.59 Å². The molecule has 2 aliphatic heterocycles. The smallest absolute Gasteiger partial charge is 0.220 e. The molecule has 2 saturated heterocycles. The van der Waals surface area contributed by atoms with Crippen LogP contribution in [0.4, 0.5) is 0 Å². The maximum absolute atomic E-state index is 11.5. The van der Waals surface area contributed by atoms with Crippen molar-refractivity contribution in [2.24, 2.45) is 0 Å². The summed E-state index contributed by atoms with van der Waals surface area (Å²) in [5, 5.41) is 0. The molecule has 14 heavy (non-hydrogen) atoms. The van der Waals surface area contributed by atoms with Crippen LogP contribution in [0.1, 0.15) is 46.0 Å². The zero-order valence-electron chi connectivity index (χ0n) is 8.88. The molecular formula is C11H17NO2. The molecule has 3 nitrogen and oxygen atoms in total. The van der Waals surface area contributed by atoms with Gasteiger partial charge in [0.25, 0.3) is 0 Å². The number of hydrogen-bond acceptors (Lipinski definition) is 2. The predicted octanol–water partition coefficient (Wildman–Crippen LogP) is 1.51. The lowest BCUT2D eigenvalue weighted by atomic mass is 9.75. The molecule has 2 atom stereocenters.